The van der Waals surface area contributed by atoms with Gasteiger partial charge in [0.25, 0.3) is 0 Å². The molecule has 1 aliphatic heterocycles. The lowest BCUT2D eigenvalue weighted by Gasteiger charge is -2.13. The van der Waals surface area contributed by atoms with Gasteiger partial charge in [0.2, 0.25) is 0 Å². The Hall–Kier alpha value is -1.16. The van der Waals surface area contributed by atoms with E-state index in [1.54, 1.807) is 16.3 Å². The topological polar surface area (TPSA) is 34.4 Å². The summed E-state index contributed by atoms with van der Waals surface area (Å²) in [5.74, 6) is 0.976. The third-order valence-electron chi connectivity index (χ3n) is 2.46. The van der Waals surface area contributed by atoms with Crippen molar-refractivity contribution in [2.45, 2.75) is 26.2 Å². The fraction of sp³-hybridized carbons (Fsp3) is 0.417. The Balaban J connectivity index is 1.97. The maximum Gasteiger partial charge on any atom is 0.358 e. The number of amides is 2. The third-order valence-corrected chi connectivity index (χ3v) is 3.54. The van der Waals surface area contributed by atoms with Gasteiger partial charge in [0.15, 0.2) is 0 Å². The number of urea groups is 1. The van der Waals surface area contributed by atoms with Crippen LogP contribution in [0.15, 0.2) is 24.3 Å². The van der Waals surface area contributed by atoms with Crippen molar-refractivity contribution in [2.75, 3.05) is 10.1 Å². The Bertz CT molecular complexity index is 381. The standard InChI is InChI=1S/C12H15N2OS/c1-2-3-6-9-16-14-11-8-5-4-7-10(11)13-12(14)15/h4-5,7-8H,2-3,6,9H2,1H3. The molecule has 0 aromatic heterocycles. The molecule has 1 radical (unpaired) electrons. The van der Waals surface area contributed by atoms with Gasteiger partial charge in [-0.2, -0.15) is 5.32 Å². The van der Waals surface area contributed by atoms with Gasteiger partial charge < -0.3 is 0 Å². The summed E-state index contributed by atoms with van der Waals surface area (Å²) >= 11 is 1.56. The van der Waals surface area contributed by atoms with E-state index in [0.717, 1.165) is 23.5 Å². The Morgan fingerprint density at radius 1 is 1.31 bits per heavy atom. The molecule has 1 aliphatic rings. The first-order chi connectivity index (χ1) is 7.83. The average Bonchev–Trinajstić information content (AvgIpc) is 2.61. The molecular formula is C12H15N2OS. The lowest BCUT2D eigenvalue weighted by Crippen LogP contribution is -2.21. The van der Waals surface area contributed by atoms with Gasteiger partial charge in [-0.05, 0) is 30.5 Å². The molecule has 1 heterocycles. The van der Waals surface area contributed by atoms with Crippen LogP contribution in [0.2, 0.25) is 0 Å². The van der Waals surface area contributed by atoms with E-state index in [-0.39, 0.29) is 6.03 Å². The van der Waals surface area contributed by atoms with Crippen LogP contribution >= 0.6 is 11.9 Å². The van der Waals surface area contributed by atoms with Crippen molar-refractivity contribution in [2.24, 2.45) is 0 Å². The predicted molar refractivity (Wildman–Crippen MR) is 68.1 cm³/mol. The summed E-state index contributed by atoms with van der Waals surface area (Å²) < 4.78 is 1.70. The van der Waals surface area contributed by atoms with Gasteiger partial charge in [-0.15, -0.1) is 0 Å². The highest BCUT2D eigenvalue weighted by molar-refractivity contribution is 8.01. The van der Waals surface area contributed by atoms with E-state index in [0.29, 0.717) is 0 Å². The molecule has 85 valence electrons. The first-order valence-corrected chi connectivity index (χ1v) is 6.55. The lowest BCUT2D eigenvalue weighted by atomic mass is 10.3. The Kier molecular flexibility index (Phi) is 3.72. The number of benzene rings is 1. The van der Waals surface area contributed by atoms with Crippen LogP contribution in [-0.4, -0.2) is 11.8 Å². The van der Waals surface area contributed by atoms with Crippen LogP contribution in [0.3, 0.4) is 0 Å². The molecule has 1 aromatic rings. The average molecular weight is 235 g/mol. The summed E-state index contributed by atoms with van der Waals surface area (Å²) in [6, 6.07) is 7.51. The molecule has 4 heteroatoms. The summed E-state index contributed by atoms with van der Waals surface area (Å²) in [5.41, 5.74) is 1.71. The minimum atomic E-state index is -0.150. The van der Waals surface area contributed by atoms with E-state index in [1.807, 2.05) is 24.3 Å². The molecule has 0 bridgehead atoms. The number of para-hydroxylation sites is 2. The maximum atomic E-state index is 11.6. The SMILES string of the molecule is CCCCCSN1C(=O)[N]c2ccccc21. The highest BCUT2D eigenvalue weighted by atomic mass is 32.2. The number of hydrogen-bond donors (Lipinski definition) is 0. The molecular weight excluding hydrogens is 220 g/mol. The van der Waals surface area contributed by atoms with Crippen molar-refractivity contribution >= 4 is 29.4 Å². The minimum Gasteiger partial charge on any atom is -0.245 e. The number of fused-ring (bicyclic) bond motifs is 1. The number of anilines is 1. The van der Waals surface area contributed by atoms with Gasteiger partial charge in [0, 0.05) is 5.75 Å². The molecule has 16 heavy (non-hydrogen) atoms. The zero-order valence-corrected chi connectivity index (χ0v) is 10.2. The number of rotatable bonds is 5. The normalized spacial score (nSPS) is 13.8. The Labute approximate surface area is 100 Å². The molecule has 0 fully saturated rings. The van der Waals surface area contributed by atoms with E-state index in [2.05, 4.69) is 12.2 Å². The first kappa shape index (κ1) is 11.3. The maximum absolute atomic E-state index is 11.6. The quantitative estimate of drug-likeness (QED) is 0.576. The molecule has 0 aliphatic carbocycles. The van der Waals surface area contributed by atoms with Gasteiger partial charge in [-0.25, -0.2) is 9.10 Å². The Morgan fingerprint density at radius 3 is 2.94 bits per heavy atom. The van der Waals surface area contributed by atoms with Crippen molar-refractivity contribution in [3.8, 4) is 0 Å². The summed E-state index contributed by atoms with van der Waals surface area (Å²) in [4.78, 5) is 11.6. The van der Waals surface area contributed by atoms with Crippen LogP contribution in [0.25, 0.3) is 0 Å². The van der Waals surface area contributed by atoms with Crippen molar-refractivity contribution in [1.29, 1.82) is 0 Å². The van der Waals surface area contributed by atoms with Crippen LogP contribution < -0.4 is 9.62 Å². The molecule has 1 aromatic carbocycles. The highest BCUT2D eigenvalue weighted by Gasteiger charge is 2.28. The second kappa shape index (κ2) is 5.25. The lowest BCUT2D eigenvalue weighted by molar-refractivity contribution is 0.254. The van der Waals surface area contributed by atoms with Gasteiger partial charge in [0.05, 0.1) is 11.4 Å². The third kappa shape index (κ3) is 2.32. The molecule has 2 rings (SSSR count). The summed E-state index contributed by atoms with van der Waals surface area (Å²) in [6.07, 6.45) is 3.57. The van der Waals surface area contributed by atoms with Crippen LogP contribution in [0, 0.1) is 0 Å². The Morgan fingerprint density at radius 2 is 2.12 bits per heavy atom. The molecule has 0 N–H and O–H groups in total. The van der Waals surface area contributed by atoms with Crippen molar-refractivity contribution in [3.05, 3.63) is 24.3 Å². The number of nitrogens with zero attached hydrogens (tertiary/aromatic N) is 2. The second-order valence-electron chi connectivity index (χ2n) is 3.72. The molecule has 0 spiro atoms. The van der Waals surface area contributed by atoms with Crippen molar-refractivity contribution in [3.63, 3.8) is 0 Å². The van der Waals surface area contributed by atoms with E-state index in [1.165, 1.54) is 12.8 Å². The monoisotopic (exact) mass is 235 g/mol. The fourth-order valence-electron chi connectivity index (χ4n) is 1.61. The zero-order valence-electron chi connectivity index (χ0n) is 9.35. The molecule has 0 atom stereocenters. The first-order valence-electron chi connectivity index (χ1n) is 5.60. The summed E-state index contributed by atoms with van der Waals surface area (Å²) in [5, 5.41) is 4.00. The number of carbonyl (C=O) groups excluding carboxylic acids is 1. The summed E-state index contributed by atoms with van der Waals surface area (Å²) in [7, 11) is 0. The van der Waals surface area contributed by atoms with Crippen LogP contribution in [-0.2, 0) is 0 Å². The number of carbonyl (C=O) groups is 1. The molecule has 0 unspecified atom stereocenters. The minimum absolute atomic E-state index is 0.150. The largest absolute Gasteiger partial charge is 0.358 e. The molecule has 2 amide bonds. The molecule has 3 nitrogen and oxygen atoms in total. The van der Waals surface area contributed by atoms with Gasteiger partial charge in [0.1, 0.15) is 0 Å². The molecule has 0 saturated carbocycles. The molecule has 0 saturated heterocycles. The second-order valence-corrected chi connectivity index (χ2v) is 4.75. The van der Waals surface area contributed by atoms with Crippen LogP contribution in [0.5, 0.6) is 0 Å². The van der Waals surface area contributed by atoms with Crippen LogP contribution in [0.4, 0.5) is 16.2 Å². The number of unbranched alkanes of at least 4 members (excludes halogenated alkanes) is 2. The number of hydrogen-bond acceptors (Lipinski definition) is 2. The highest BCUT2D eigenvalue weighted by Crippen LogP contribution is 2.36. The summed E-state index contributed by atoms with van der Waals surface area (Å²) in [6.45, 7) is 2.18. The van der Waals surface area contributed by atoms with Gasteiger partial charge >= 0.3 is 6.03 Å². The van der Waals surface area contributed by atoms with Crippen molar-refractivity contribution in [1.82, 2.24) is 5.32 Å². The predicted octanol–water partition coefficient (Wildman–Crippen LogP) is 3.70. The zero-order chi connectivity index (χ0) is 11.4. The van der Waals surface area contributed by atoms with E-state index in [4.69, 9.17) is 0 Å². The van der Waals surface area contributed by atoms with Gasteiger partial charge in [-0.1, -0.05) is 31.9 Å². The fourth-order valence-corrected chi connectivity index (χ4v) is 2.58. The van der Waals surface area contributed by atoms with Crippen LogP contribution in [0.1, 0.15) is 26.2 Å². The van der Waals surface area contributed by atoms with E-state index < -0.39 is 0 Å². The van der Waals surface area contributed by atoms with Gasteiger partial charge in [-0.3, -0.25) is 0 Å². The smallest absolute Gasteiger partial charge is 0.245 e. The van der Waals surface area contributed by atoms with E-state index >= 15 is 0 Å². The van der Waals surface area contributed by atoms with E-state index in [9.17, 15) is 4.79 Å². The van der Waals surface area contributed by atoms with Crippen molar-refractivity contribution < 1.29 is 4.79 Å².